The second-order valence-corrected chi connectivity index (χ2v) is 2.97. The molecule has 0 saturated heterocycles. The van der Waals surface area contributed by atoms with Gasteiger partial charge >= 0.3 is 0 Å². The Morgan fingerprint density at radius 1 is 1.42 bits per heavy atom. The number of hydrogen-bond acceptors (Lipinski definition) is 2. The van der Waals surface area contributed by atoms with Gasteiger partial charge in [0.1, 0.15) is 21.5 Å². The molecule has 1 rings (SSSR count). The van der Waals surface area contributed by atoms with E-state index in [1.807, 2.05) is 0 Å². The molecule has 0 fully saturated rings. The van der Waals surface area contributed by atoms with Crippen molar-refractivity contribution in [2.24, 2.45) is 0 Å². The zero-order valence-electron chi connectivity index (χ0n) is 6.40. The molecular formula is C8H7Cl2O2. The number of rotatable bonds is 1. The molecule has 0 aliphatic heterocycles. The van der Waals surface area contributed by atoms with Crippen molar-refractivity contribution in [2.45, 2.75) is 0 Å². The molecule has 65 valence electrons. The maximum Gasteiger partial charge on any atom is 0.142 e. The van der Waals surface area contributed by atoms with E-state index in [2.05, 4.69) is 6.92 Å². The maximum atomic E-state index is 9.19. The smallest absolute Gasteiger partial charge is 0.142 e. The summed E-state index contributed by atoms with van der Waals surface area (Å²) in [6, 6.07) is 1.40. The highest BCUT2D eigenvalue weighted by Crippen LogP contribution is 2.40. The number of aromatic hydroxyl groups is 1. The summed E-state index contributed by atoms with van der Waals surface area (Å²) < 4.78 is 4.92. The first-order valence-electron chi connectivity index (χ1n) is 3.14. The fourth-order valence-electron chi connectivity index (χ4n) is 0.868. The van der Waals surface area contributed by atoms with E-state index in [0.29, 0.717) is 11.3 Å². The Balaban J connectivity index is 3.40. The summed E-state index contributed by atoms with van der Waals surface area (Å²) in [5, 5.41) is 9.46. The minimum absolute atomic E-state index is 0.0842. The quantitative estimate of drug-likeness (QED) is 0.765. The van der Waals surface area contributed by atoms with Gasteiger partial charge in [-0.1, -0.05) is 23.2 Å². The molecule has 0 bridgehead atoms. The van der Waals surface area contributed by atoms with Crippen LogP contribution >= 0.6 is 23.2 Å². The maximum absolute atomic E-state index is 9.19. The van der Waals surface area contributed by atoms with E-state index in [9.17, 15) is 5.11 Å². The standard InChI is InChI=1S/C8H7Cl2O2/c1-4-3-5(11)6(9)7(10)8(4)12-2/h3,11H,1H2,2H3. The molecule has 1 N–H and O–H groups in total. The number of benzene rings is 1. The molecule has 1 aromatic carbocycles. The Morgan fingerprint density at radius 2 is 2.00 bits per heavy atom. The first-order chi connectivity index (χ1) is 5.57. The molecule has 0 aromatic heterocycles. The predicted octanol–water partition coefficient (Wildman–Crippen LogP) is 2.89. The number of hydrogen-bond donors (Lipinski definition) is 1. The summed E-state index contributed by atoms with van der Waals surface area (Å²) in [5.41, 5.74) is 0.504. The SMILES string of the molecule is [CH2]c1cc(O)c(Cl)c(Cl)c1OC. The van der Waals surface area contributed by atoms with Crippen molar-refractivity contribution >= 4 is 23.2 Å². The number of methoxy groups -OCH3 is 1. The van der Waals surface area contributed by atoms with Crippen LogP contribution in [0.5, 0.6) is 11.5 Å². The summed E-state index contributed by atoms with van der Waals surface area (Å²) in [5.74, 6) is 0.298. The van der Waals surface area contributed by atoms with Gasteiger partial charge in [-0.05, 0) is 18.6 Å². The fraction of sp³-hybridized carbons (Fsp3) is 0.125. The van der Waals surface area contributed by atoms with Crippen LogP contribution in [0, 0.1) is 6.92 Å². The van der Waals surface area contributed by atoms with Crippen molar-refractivity contribution in [3.63, 3.8) is 0 Å². The molecule has 0 aliphatic rings. The predicted molar refractivity (Wildman–Crippen MR) is 49.1 cm³/mol. The largest absolute Gasteiger partial charge is 0.506 e. The topological polar surface area (TPSA) is 29.5 Å². The van der Waals surface area contributed by atoms with Gasteiger partial charge in [-0.3, -0.25) is 0 Å². The second kappa shape index (κ2) is 3.42. The average molecular weight is 206 g/mol. The third-order valence-corrected chi connectivity index (χ3v) is 2.26. The van der Waals surface area contributed by atoms with E-state index in [0.717, 1.165) is 0 Å². The number of phenolic OH excluding ortho intramolecular Hbond substituents is 1. The normalized spacial score (nSPS) is 10.0. The lowest BCUT2D eigenvalue weighted by Crippen LogP contribution is -1.88. The highest BCUT2D eigenvalue weighted by molar-refractivity contribution is 6.44. The van der Waals surface area contributed by atoms with Gasteiger partial charge in [0, 0.05) is 0 Å². The van der Waals surface area contributed by atoms with E-state index in [1.54, 1.807) is 0 Å². The third-order valence-electron chi connectivity index (χ3n) is 1.42. The third kappa shape index (κ3) is 1.45. The summed E-state index contributed by atoms with van der Waals surface area (Å²) in [7, 11) is 1.46. The second-order valence-electron chi connectivity index (χ2n) is 2.22. The van der Waals surface area contributed by atoms with Crippen molar-refractivity contribution in [3.8, 4) is 11.5 Å². The van der Waals surface area contributed by atoms with Crippen molar-refractivity contribution in [3.05, 3.63) is 28.6 Å². The van der Waals surface area contributed by atoms with Crippen LogP contribution in [0.4, 0.5) is 0 Å². The highest BCUT2D eigenvalue weighted by Gasteiger charge is 2.12. The molecule has 0 amide bonds. The Kier molecular flexibility index (Phi) is 2.70. The van der Waals surface area contributed by atoms with Crippen LogP contribution in [0.3, 0.4) is 0 Å². The summed E-state index contributed by atoms with van der Waals surface area (Å²) in [6.07, 6.45) is 0. The minimum Gasteiger partial charge on any atom is -0.506 e. The van der Waals surface area contributed by atoms with Crippen LogP contribution < -0.4 is 4.74 Å². The minimum atomic E-state index is -0.0903. The lowest BCUT2D eigenvalue weighted by molar-refractivity contribution is 0.410. The van der Waals surface area contributed by atoms with Crippen molar-refractivity contribution in [1.82, 2.24) is 0 Å². The number of phenols is 1. The van der Waals surface area contributed by atoms with Crippen LogP contribution in [0.2, 0.25) is 10.0 Å². The van der Waals surface area contributed by atoms with E-state index >= 15 is 0 Å². The highest BCUT2D eigenvalue weighted by atomic mass is 35.5. The first kappa shape index (κ1) is 9.49. The zero-order chi connectivity index (χ0) is 9.30. The van der Waals surface area contributed by atoms with Crippen LogP contribution in [-0.4, -0.2) is 12.2 Å². The van der Waals surface area contributed by atoms with E-state index < -0.39 is 0 Å². The molecule has 0 atom stereocenters. The van der Waals surface area contributed by atoms with Gasteiger partial charge in [-0.25, -0.2) is 0 Å². The average Bonchev–Trinajstić information content (AvgIpc) is 2.01. The van der Waals surface area contributed by atoms with Gasteiger partial charge in [0.05, 0.1) is 7.11 Å². The molecule has 0 spiro atoms. The van der Waals surface area contributed by atoms with Gasteiger partial charge in [-0.15, -0.1) is 0 Å². The molecule has 4 heteroatoms. The molecule has 1 aromatic rings. The molecule has 12 heavy (non-hydrogen) atoms. The number of halogens is 2. The van der Waals surface area contributed by atoms with Gasteiger partial charge < -0.3 is 9.84 Å². The van der Waals surface area contributed by atoms with E-state index in [1.165, 1.54) is 13.2 Å². The van der Waals surface area contributed by atoms with Crippen molar-refractivity contribution in [2.75, 3.05) is 7.11 Å². The van der Waals surface area contributed by atoms with Crippen LogP contribution in [0.25, 0.3) is 0 Å². The molecule has 0 unspecified atom stereocenters. The number of ether oxygens (including phenoxy) is 1. The summed E-state index contributed by atoms with van der Waals surface area (Å²) in [6.45, 7) is 3.63. The van der Waals surface area contributed by atoms with Crippen molar-refractivity contribution in [1.29, 1.82) is 0 Å². The lowest BCUT2D eigenvalue weighted by atomic mass is 10.2. The zero-order valence-corrected chi connectivity index (χ0v) is 7.91. The molecule has 0 aliphatic carbocycles. The van der Waals surface area contributed by atoms with Crippen LogP contribution in [-0.2, 0) is 0 Å². The Bertz CT molecular complexity index is 310. The Morgan fingerprint density at radius 3 is 2.50 bits per heavy atom. The monoisotopic (exact) mass is 205 g/mol. The van der Waals surface area contributed by atoms with Crippen molar-refractivity contribution < 1.29 is 9.84 Å². The van der Waals surface area contributed by atoms with Gasteiger partial charge in [0.25, 0.3) is 0 Å². The molecule has 1 radical (unpaired) electrons. The first-order valence-corrected chi connectivity index (χ1v) is 3.90. The van der Waals surface area contributed by atoms with Gasteiger partial charge in [0.15, 0.2) is 0 Å². The van der Waals surface area contributed by atoms with Crippen LogP contribution in [0.1, 0.15) is 5.56 Å². The van der Waals surface area contributed by atoms with E-state index in [-0.39, 0.29) is 15.8 Å². The summed E-state index contributed by atoms with van der Waals surface area (Å²) >= 11 is 11.4. The molecular weight excluding hydrogens is 199 g/mol. The lowest BCUT2D eigenvalue weighted by Gasteiger charge is -2.08. The Labute approximate surface area is 80.7 Å². The van der Waals surface area contributed by atoms with Gasteiger partial charge in [-0.2, -0.15) is 0 Å². The molecule has 0 saturated carbocycles. The van der Waals surface area contributed by atoms with E-state index in [4.69, 9.17) is 27.9 Å². The molecule has 2 nitrogen and oxygen atoms in total. The van der Waals surface area contributed by atoms with Crippen LogP contribution in [0.15, 0.2) is 6.07 Å². The fourth-order valence-corrected chi connectivity index (χ4v) is 1.30. The van der Waals surface area contributed by atoms with Gasteiger partial charge in [0.2, 0.25) is 0 Å². The molecule has 0 heterocycles. The Hall–Kier alpha value is -0.600. The summed E-state index contributed by atoms with van der Waals surface area (Å²) in [4.78, 5) is 0.